The molecule has 0 heterocycles. The van der Waals surface area contributed by atoms with E-state index in [1.807, 2.05) is 0 Å². The minimum atomic E-state index is -4.33. The number of aliphatic carboxylic acids is 1. The first-order valence-corrected chi connectivity index (χ1v) is 4.89. The van der Waals surface area contributed by atoms with Crippen LogP contribution in [0.3, 0.4) is 0 Å². The summed E-state index contributed by atoms with van der Waals surface area (Å²) in [4.78, 5) is 10.3. The summed E-state index contributed by atoms with van der Waals surface area (Å²) in [6, 6.07) is 3.96. The number of aliphatic hydroxyl groups excluding tert-OH is 1. The van der Waals surface area contributed by atoms with Crippen LogP contribution in [-0.4, -0.2) is 29.4 Å². The molecule has 1 atom stereocenters. The average molecular weight is 262 g/mol. The highest BCUT2D eigenvalue weighted by Gasteiger charge is 2.42. The lowest BCUT2D eigenvalue weighted by molar-refractivity contribution is -0.211. The third-order valence-electron chi connectivity index (χ3n) is 2.21. The molecule has 1 rings (SSSR count). The van der Waals surface area contributed by atoms with Crippen LogP contribution in [0, 0.1) is 6.92 Å². The largest absolute Gasteiger partial charge is 0.501 e. The molecule has 100 valence electrons. The second-order valence-corrected chi connectivity index (χ2v) is 3.54. The van der Waals surface area contributed by atoms with Gasteiger partial charge >= 0.3 is 12.1 Å². The molecule has 0 aromatic heterocycles. The maximum absolute atomic E-state index is 12.9. The molecule has 0 amide bonds. The number of hydrogen-bond acceptors (Lipinski definition) is 4. The Kier molecular flexibility index (Phi) is 4.20. The molecule has 0 aliphatic heterocycles. The van der Waals surface area contributed by atoms with Crippen molar-refractivity contribution >= 4 is 5.97 Å². The molecule has 0 spiro atoms. The monoisotopic (exact) mass is 262 g/mol. The van der Waals surface area contributed by atoms with E-state index in [-0.39, 0.29) is 11.3 Å². The van der Waals surface area contributed by atoms with Crippen LogP contribution < -0.4 is 4.74 Å². The molecule has 0 radical (unpaired) electrons. The molecule has 1 unspecified atom stereocenters. The summed E-state index contributed by atoms with van der Waals surface area (Å²) in [7, 11) is 1.23. The Hall–Kier alpha value is -1.73. The van der Waals surface area contributed by atoms with Crippen LogP contribution in [0.4, 0.5) is 8.78 Å². The Balaban J connectivity index is 3.05. The highest BCUT2D eigenvalue weighted by atomic mass is 19.3. The van der Waals surface area contributed by atoms with Crippen molar-refractivity contribution in [2.75, 3.05) is 7.11 Å². The second kappa shape index (κ2) is 5.28. The summed E-state index contributed by atoms with van der Waals surface area (Å²) in [6.07, 6.45) is -5.63. The van der Waals surface area contributed by atoms with Crippen molar-refractivity contribution in [3.05, 3.63) is 29.3 Å². The molecule has 7 heteroatoms. The van der Waals surface area contributed by atoms with Crippen molar-refractivity contribution in [3.63, 3.8) is 0 Å². The normalized spacial score (nSPS) is 13.2. The number of hydrogen-bond donors (Lipinski definition) is 2. The summed E-state index contributed by atoms with van der Waals surface area (Å²) in [5, 5.41) is 17.6. The molecular weight excluding hydrogens is 250 g/mol. The van der Waals surface area contributed by atoms with E-state index in [4.69, 9.17) is 5.11 Å². The number of halogens is 2. The maximum atomic E-state index is 12.9. The van der Waals surface area contributed by atoms with Crippen molar-refractivity contribution in [2.24, 2.45) is 0 Å². The third-order valence-corrected chi connectivity index (χ3v) is 2.21. The van der Waals surface area contributed by atoms with Gasteiger partial charge in [0, 0.05) is 12.7 Å². The lowest BCUT2D eigenvalue weighted by Gasteiger charge is -2.17. The van der Waals surface area contributed by atoms with Gasteiger partial charge < -0.3 is 19.7 Å². The van der Waals surface area contributed by atoms with Gasteiger partial charge in [-0.15, -0.1) is 0 Å². The minimum absolute atomic E-state index is 0.180. The van der Waals surface area contributed by atoms with Gasteiger partial charge in [-0.2, -0.15) is 8.78 Å². The van der Waals surface area contributed by atoms with Crippen LogP contribution >= 0.6 is 0 Å². The summed E-state index contributed by atoms with van der Waals surface area (Å²) < 4.78 is 34.6. The molecule has 18 heavy (non-hydrogen) atoms. The Morgan fingerprint density at radius 1 is 1.44 bits per heavy atom. The number of aryl methyl sites for hydroxylation is 1. The zero-order valence-electron chi connectivity index (χ0n) is 9.68. The van der Waals surface area contributed by atoms with Crippen molar-refractivity contribution in [1.29, 1.82) is 0 Å². The van der Waals surface area contributed by atoms with Crippen molar-refractivity contribution in [3.8, 4) is 5.75 Å². The van der Waals surface area contributed by atoms with Gasteiger partial charge in [0.15, 0.2) is 6.29 Å². The fourth-order valence-electron chi connectivity index (χ4n) is 1.20. The van der Waals surface area contributed by atoms with Crippen LogP contribution in [0.15, 0.2) is 18.2 Å². The smallest absolute Gasteiger partial charge is 0.474 e. The minimum Gasteiger partial charge on any atom is -0.474 e. The van der Waals surface area contributed by atoms with E-state index in [1.54, 1.807) is 0 Å². The molecule has 0 aliphatic carbocycles. The lowest BCUT2D eigenvalue weighted by atomic mass is 10.1. The first-order valence-electron chi connectivity index (χ1n) is 4.89. The second-order valence-electron chi connectivity index (χ2n) is 3.54. The van der Waals surface area contributed by atoms with E-state index in [0.29, 0.717) is 5.56 Å². The fraction of sp³-hybridized carbons (Fsp3) is 0.364. The van der Waals surface area contributed by atoms with Gasteiger partial charge in [0.25, 0.3) is 0 Å². The zero-order chi connectivity index (χ0) is 13.9. The van der Waals surface area contributed by atoms with E-state index < -0.39 is 18.4 Å². The first kappa shape index (κ1) is 14.3. The predicted molar refractivity (Wildman–Crippen MR) is 56.4 cm³/mol. The summed E-state index contributed by atoms with van der Waals surface area (Å²) in [6.45, 7) is 1.47. The molecule has 5 nitrogen and oxygen atoms in total. The Bertz CT molecular complexity index is 447. The van der Waals surface area contributed by atoms with E-state index in [2.05, 4.69) is 9.47 Å². The average Bonchev–Trinajstić information content (AvgIpc) is 2.30. The van der Waals surface area contributed by atoms with E-state index in [0.717, 1.165) is 6.07 Å². The molecule has 0 bridgehead atoms. The summed E-state index contributed by atoms with van der Waals surface area (Å²) in [5.41, 5.74) is 0.488. The lowest BCUT2D eigenvalue weighted by Crippen LogP contribution is -2.35. The Morgan fingerprint density at radius 3 is 2.56 bits per heavy atom. The number of aliphatic hydroxyl groups is 1. The van der Waals surface area contributed by atoms with Gasteiger partial charge in [-0.1, -0.05) is 12.1 Å². The first-order chi connectivity index (χ1) is 8.27. The quantitative estimate of drug-likeness (QED) is 0.790. The molecule has 1 aromatic carbocycles. The van der Waals surface area contributed by atoms with Crippen LogP contribution in [-0.2, 0) is 9.53 Å². The Labute approximate surface area is 102 Å². The molecule has 1 aromatic rings. The molecular formula is C11H12F2O5. The number of carbonyl (C=O) groups is 1. The highest BCUT2D eigenvalue weighted by Crippen LogP contribution is 2.28. The molecule has 0 fully saturated rings. The van der Waals surface area contributed by atoms with Crippen LogP contribution in [0.5, 0.6) is 5.75 Å². The van der Waals surface area contributed by atoms with Gasteiger partial charge in [0.05, 0.1) is 0 Å². The van der Waals surface area contributed by atoms with Crippen molar-refractivity contribution in [2.45, 2.75) is 19.3 Å². The molecule has 0 aliphatic rings. The summed E-state index contributed by atoms with van der Waals surface area (Å²) in [5.74, 6) is -2.73. The number of carboxylic acid groups (broad SMARTS) is 1. The number of carboxylic acids is 1. The predicted octanol–water partition coefficient (Wildman–Crippen LogP) is 1.69. The molecule has 0 saturated heterocycles. The van der Waals surface area contributed by atoms with E-state index in [1.165, 1.54) is 26.2 Å². The third kappa shape index (κ3) is 3.14. The number of ether oxygens (including phenoxy) is 2. The molecule has 2 N–H and O–H groups in total. The SMILES string of the molecule is COC(O)c1ccc(C)c(OC(F)(F)C(=O)O)c1. The van der Waals surface area contributed by atoms with Crippen LogP contribution in [0.25, 0.3) is 0 Å². The van der Waals surface area contributed by atoms with Gasteiger partial charge in [-0.05, 0) is 18.6 Å². The Morgan fingerprint density at radius 2 is 2.06 bits per heavy atom. The van der Waals surface area contributed by atoms with E-state index in [9.17, 15) is 18.7 Å². The topological polar surface area (TPSA) is 76.0 Å². The standard InChI is InChI=1S/C11H12F2O5/c1-6-3-4-7(9(14)17-2)5-8(6)18-11(12,13)10(15)16/h3-5,9,14H,1-2H3,(H,15,16). The number of rotatable bonds is 5. The summed E-state index contributed by atoms with van der Waals surface area (Å²) >= 11 is 0. The number of methoxy groups -OCH3 is 1. The fourth-order valence-corrected chi connectivity index (χ4v) is 1.20. The van der Waals surface area contributed by atoms with Crippen molar-refractivity contribution in [1.82, 2.24) is 0 Å². The van der Waals surface area contributed by atoms with Gasteiger partial charge in [0.1, 0.15) is 5.75 Å². The van der Waals surface area contributed by atoms with E-state index >= 15 is 0 Å². The number of alkyl halides is 2. The molecule has 0 saturated carbocycles. The zero-order valence-corrected chi connectivity index (χ0v) is 9.68. The van der Waals surface area contributed by atoms with Gasteiger partial charge in [-0.25, -0.2) is 4.79 Å². The van der Waals surface area contributed by atoms with Gasteiger partial charge in [0.2, 0.25) is 0 Å². The van der Waals surface area contributed by atoms with Gasteiger partial charge in [-0.3, -0.25) is 0 Å². The van der Waals surface area contributed by atoms with Crippen LogP contribution in [0.2, 0.25) is 0 Å². The van der Waals surface area contributed by atoms with Crippen LogP contribution in [0.1, 0.15) is 17.4 Å². The van der Waals surface area contributed by atoms with Crippen molar-refractivity contribution < 1.29 is 33.3 Å². The highest BCUT2D eigenvalue weighted by molar-refractivity contribution is 5.74. The number of benzene rings is 1. The maximum Gasteiger partial charge on any atom is 0.501 e.